The van der Waals surface area contributed by atoms with E-state index >= 15 is 0 Å². The normalized spacial score (nSPS) is 10.6. The van der Waals surface area contributed by atoms with E-state index in [1.165, 1.54) is 11.3 Å². The van der Waals surface area contributed by atoms with E-state index in [1.807, 2.05) is 18.2 Å². The lowest BCUT2D eigenvalue weighted by Crippen LogP contribution is -2.23. The van der Waals surface area contributed by atoms with Crippen LogP contribution in [0.15, 0.2) is 18.2 Å². The SMILES string of the molecule is CN(C)C(=O)CCNc1nc2ccc(Cl)cc2s1. The minimum Gasteiger partial charge on any atom is -0.361 e. The molecule has 0 aliphatic rings. The number of hydrogen-bond acceptors (Lipinski definition) is 4. The van der Waals surface area contributed by atoms with Gasteiger partial charge in [-0.25, -0.2) is 4.98 Å². The molecule has 1 aromatic heterocycles. The number of benzene rings is 1. The fourth-order valence-corrected chi connectivity index (χ4v) is 2.64. The van der Waals surface area contributed by atoms with Crippen LogP contribution in [0.25, 0.3) is 10.2 Å². The second kappa shape index (κ2) is 5.54. The number of carbonyl (C=O) groups excluding carboxylic acids is 1. The highest BCUT2D eigenvalue weighted by atomic mass is 35.5. The average molecular weight is 284 g/mol. The maximum absolute atomic E-state index is 11.4. The summed E-state index contributed by atoms with van der Waals surface area (Å²) >= 11 is 7.46. The van der Waals surface area contributed by atoms with Gasteiger partial charge in [0.05, 0.1) is 10.2 Å². The predicted octanol–water partition coefficient (Wildman–Crippen LogP) is 2.84. The fraction of sp³-hybridized carbons (Fsp3) is 0.333. The van der Waals surface area contributed by atoms with Gasteiger partial charge in [-0.3, -0.25) is 4.79 Å². The van der Waals surface area contributed by atoms with Crippen LogP contribution < -0.4 is 5.32 Å². The molecule has 0 aliphatic heterocycles. The topological polar surface area (TPSA) is 45.2 Å². The number of halogens is 1. The molecular weight excluding hydrogens is 270 g/mol. The van der Waals surface area contributed by atoms with Crippen molar-refractivity contribution in [3.63, 3.8) is 0 Å². The Bertz CT molecular complexity index is 567. The van der Waals surface area contributed by atoms with E-state index in [9.17, 15) is 4.79 Å². The summed E-state index contributed by atoms with van der Waals surface area (Å²) in [6.07, 6.45) is 0.462. The van der Waals surface area contributed by atoms with Gasteiger partial charge in [-0.2, -0.15) is 0 Å². The zero-order valence-electron chi connectivity index (χ0n) is 10.2. The number of rotatable bonds is 4. The van der Waals surface area contributed by atoms with E-state index in [2.05, 4.69) is 10.3 Å². The van der Waals surface area contributed by atoms with Crippen LogP contribution >= 0.6 is 22.9 Å². The van der Waals surface area contributed by atoms with E-state index in [0.29, 0.717) is 18.0 Å². The molecule has 0 spiro atoms. The Morgan fingerprint density at radius 1 is 1.50 bits per heavy atom. The van der Waals surface area contributed by atoms with Crippen LogP contribution in [0, 0.1) is 0 Å². The van der Waals surface area contributed by atoms with E-state index < -0.39 is 0 Å². The van der Waals surface area contributed by atoms with Crippen molar-refractivity contribution in [2.24, 2.45) is 0 Å². The molecular formula is C12H14ClN3OS. The summed E-state index contributed by atoms with van der Waals surface area (Å²) in [6.45, 7) is 0.588. The second-order valence-electron chi connectivity index (χ2n) is 4.10. The van der Waals surface area contributed by atoms with Crippen molar-refractivity contribution in [3.05, 3.63) is 23.2 Å². The number of thiazole rings is 1. The van der Waals surface area contributed by atoms with Crippen LogP contribution in [0.3, 0.4) is 0 Å². The van der Waals surface area contributed by atoms with Crippen molar-refractivity contribution in [3.8, 4) is 0 Å². The summed E-state index contributed by atoms with van der Waals surface area (Å²) in [6, 6.07) is 5.61. The van der Waals surface area contributed by atoms with Crippen molar-refractivity contribution >= 4 is 44.2 Å². The zero-order chi connectivity index (χ0) is 13.1. The van der Waals surface area contributed by atoms with Gasteiger partial charge in [0.2, 0.25) is 5.91 Å². The third-order valence-electron chi connectivity index (χ3n) is 2.46. The van der Waals surface area contributed by atoms with E-state index in [4.69, 9.17) is 11.6 Å². The Morgan fingerprint density at radius 3 is 3.00 bits per heavy atom. The number of fused-ring (bicyclic) bond motifs is 1. The predicted molar refractivity (Wildman–Crippen MR) is 76.4 cm³/mol. The smallest absolute Gasteiger partial charge is 0.223 e. The first-order valence-electron chi connectivity index (χ1n) is 5.56. The number of nitrogens with zero attached hydrogens (tertiary/aromatic N) is 2. The first kappa shape index (κ1) is 13.1. The molecule has 0 atom stereocenters. The summed E-state index contributed by atoms with van der Waals surface area (Å²) in [5, 5.41) is 4.68. The van der Waals surface area contributed by atoms with Crippen LogP contribution in [0.2, 0.25) is 5.02 Å². The quantitative estimate of drug-likeness (QED) is 0.938. The van der Waals surface area contributed by atoms with Crippen molar-refractivity contribution < 1.29 is 4.79 Å². The molecule has 0 saturated carbocycles. The van der Waals surface area contributed by atoms with Gasteiger partial charge in [0.25, 0.3) is 0 Å². The van der Waals surface area contributed by atoms with Crippen LogP contribution in [0.5, 0.6) is 0 Å². The lowest BCUT2D eigenvalue weighted by atomic mass is 10.3. The highest BCUT2D eigenvalue weighted by Crippen LogP contribution is 2.28. The number of anilines is 1. The molecule has 1 aromatic carbocycles. The third-order valence-corrected chi connectivity index (χ3v) is 3.68. The molecule has 2 rings (SSSR count). The fourth-order valence-electron chi connectivity index (χ4n) is 1.47. The van der Waals surface area contributed by atoms with E-state index in [1.54, 1.807) is 19.0 Å². The van der Waals surface area contributed by atoms with Gasteiger partial charge in [-0.15, -0.1) is 0 Å². The van der Waals surface area contributed by atoms with Crippen molar-refractivity contribution in [2.75, 3.05) is 26.0 Å². The van der Waals surface area contributed by atoms with Gasteiger partial charge in [-0.1, -0.05) is 22.9 Å². The number of amides is 1. The molecule has 1 amide bonds. The van der Waals surface area contributed by atoms with Gasteiger partial charge >= 0.3 is 0 Å². The maximum Gasteiger partial charge on any atom is 0.223 e. The molecule has 4 nitrogen and oxygen atoms in total. The van der Waals surface area contributed by atoms with Gasteiger partial charge in [0, 0.05) is 32.1 Å². The Kier molecular flexibility index (Phi) is 4.04. The van der Waals surface area contributed by atoms with Gasteiger partial charge in [0.1, 0.15) is 0 Å². The minimum absolute atomic E-state index is 0.103. The maximum atomic E-state index is 11.4. The summed E-state index contributed by atoms with van der Waals surface area (Å²) in [7, 11) is 3.50. The molecule has 1 N–H and O–H groups in total. The van der Waals surface area contributed by atoms with Crippen molar-refractivity contribution in [1.29, 1.82) is 0 Å². The molecule has 6 heteroatoms. The summed E-state index contributed by atoms with van der Waals surface area (Å²) in [5.74, 6) is 0.103. The third kappa shape index (κ3) is 3.11. The molecule has 18 heavy (non-hydrogen) atoms. The van der Waals surface area contributed by atoms with Gasteiger partial charge < -0.3 is 10.2 Å². The molecule has 1 heterocycles. The number of carbonyl (C=O) groups is 1. The number of hydrogen-bond donors (Lipinski definition) is 1. The largest absolute Gasteiger partial charge is 0.361 e. The highest BCUT2D eigenvalue weighted by Gasteiger charge is 2.06. The first-order chi connectivity index (χ1) is 8.56. The van der Waals surface area contributed by atoms with Crippen LogP contribution in [0.4, 0.5) is 5.13 Å². The van der Waals surface area contributed by atoms with Crippen LogP contribution in [-0.4, -0.2) is 36.4 Å². The Morgan fingerprint density at radius 2 is 2.28 bits per heavy atom. The average Bonchev–Trinajstić information content (AvgIpc) is 2.70. The standard InChI is InChI=1S/C12H14ClN3OS/c1-16(2)11(17)5-6-14-12-15-9-4-3-8(13)7-10(9)18-12/h3-4,7H,5-6H2,1-2H3,(H,14,15). The monoisotopic (exact) mass is 283 g/mol. The molecule has 0 radical (unpaired) electrons. The highest BCUT2D eigenvalue weighted by molar-refractivity contribution is 7.22. The number of aromatic nitrogens is 1. The lowest BCUT2D eigenvalue weighted by Gasteiger charge is -2.09. The summed E-state index contributed by atoms with van der Waals surface area (Å²) in [4.78, 5) is 17.4. The van der Waals surface area contributed by atoms with Crippen molar-refractivity contribution in [1.82, 2.24) is 9.88 Å². The molecule has 0 saturated heterocycles. The second-order valence-corrected chi connectivity index (χ2v) is 5.56. The van der Waals surface area contributed by atoms with Crippen molar-refractivity contribution in [2.45, 2.75) is 6.42 Å². The summed E-state index contributed by atoms with van der Waals surface area (Å²) in [5.41, 5.74) is 0.922. The summed E-state index contributed by atoms with van der Waals surface area (Å²) < 4.78 is 1.05. The van der Waals surface area contributed by atoms with Gasteiger partial charge in [0.15, 0.2) is 5.13 Å². The molecule has 2 aromatic rings. The Labute approximate surface area is 115 Å². The Balaban J connectivity index is 1.98. The van der Waals surface area contributed by atoms with E-state index in [-0.39, 0.29) is 5.91 Å². The van der Waals surface area contributed by atoms with Gasteiger partial charge in [-0.05, 0) is 18.2 Å². The van der Waals surface area contributed by atoms with Crippen LogP contribution in [-0.2, 0) is 4.79 Å². The number of nitrogens with one attached hydrogen (secondary N) is 1. The molecule has 0 aliphatic carbocycles. The minimum atomic E-state index is 0.103. The molecule has 0 unspecified atom stereocenters. The lowest BCUT2D eigenvalue weighted by molar-refractivity contribution is -0.128. The Hall–Kier alpha value is -1.33. The van der Waals surface area contributed by atoms with E-state index in [0.717, 1.165) is 15.3 Å². The first-order valence-corrected chi connectivity index (χ1v) is 6.76. The zero-order valence-corrected chi connectivity index (χ0v) is 11.8. The molecule has 96 valence electrons. The molecule has 0 fully saturated rings. The molecule has 0 bridgehead atoms. The van der Waals surface area contributed by atoms with Crippen LogP contribution in [0.1, 0.15) is 6.42 Å².